The third-order valence-corrected chi connectivity index (χ3v) is 4.48. The molecule has 1 saturated carbocycles. The van der Waals surface area contributed by atoms with Crippen LogP contribution in [0.2, 0.25) is 0 Å². The first kappa shape index (κ1) is 16.8. The Bertz CT molecular complexity index is 237. The molecule has 1 aliphatic rings. The lowest BCUT2D eigenvalue weighted by atomic mass is 9.84. The topological polar surface area (TPSA) is 0 Å². The molecule has 0 bridgehead atoms. The van der Waals surface area contributed by atoms with Crippen molar-refractivity contribution < 1.29 is 0 Å². The molecule has 0 aromatic carbocycles. The molecule has 1 atom stereocenters. The van der Waals surface area contributed by atoms with Crippen molar-refractivity contribution in [1.82, 2.24) is 0 Å². The highest BCUT2D eigenvalue weighted by Crippen LogP contribution is 2.33. The van der Waals surface area contributed by atoms with Gasteiger partial charge in [0.1, 0.15) is 0 Å². The summed E-state index contributed by atoms with van der Waals surface area (Å²) in [6.07, 6.45) is 19.1. The molecule has 112 valence electrons. The van der Waals surface area contributed by atoms with Crippen LogP contribution in [0.1, 0.15) is 91.9 Å². The van der Waals surface area contributed by atoms with Crippen LogP contribution in [0, 0.1) is 17.3 Å². The second kappa shape index (κ2) is 8.82. The van der Waals surface area contributed by atoms with Gasteiger partial charge in [-0.15, -0.1) is 0 Å². The minimum atomic E-state index is 0.505. The van der Waals surface area contributed by atoms with E-state index < -0.39 is 0 Å². The molecule has 0 aromatic rings. The Kier molecular flexibility index (Phi) is 7.80. The van der Waals surface area contributed by atoms with E-state index in [-0.39, 0.29) is 0 Å². The highest BCUT2D eigenvalue weighted by atomic mass is 14.2. The molecule has 0 aliphatic heterocycles. The summed E-state index contributed by atoms with van der Waals surface area (Å²) < 4.78 is 0. The van der Waals surface area contributed by atoms with Gasteiger partial charge in [-0.2, -0.15) is 0 Å². The predicted molar refractivity (Wildman–Crippen MR) is 87.4 cm³/mol. The molecule has 0 aromatic heterocycles. The van der Waals surface area contributed by atoms with Gasteiger partial charge in [0.15, 0.2) is 0 Å². The number of unbranched alkanes of at least 4 members (excludes halogenated alkanes) is 1. The quantitative estimate of drug-likeness (QED) is 0.425. The van der Waals surface area contributed by atoms with Gasteiger partial charge in [0, 0.05) is 0 Å². The second-order valence-electron chi connectivity index (χ2n) is 7.82. The standard InChI is InChI=1S/C19H36/c1-5-6-7-11-18(14-10-15-19(2,3)4)16-17-12-8-9-13-17/h7,11,17-18H,5-6,8-10,12-16H2,1-4H3/b11-7+. The zero-order valence-electron chi connectivity index (χ0n) is 13.9. The number of rotatable bonds is 8. The van der Waals surface area contributed by atoms with Gasteiger partial charge >= 0.3 is 0 Å². The van der Waals surface area contributed by atoms with E-state index in [1.165, 1.54) is 64.2 Å². The SMILES string of the molecule is CCC/C=C/C(CCCC(C)(C)C)CC1CCCC1. The summed E-state index contributed by atoms with van der Waals surface area (Å²) >= 11 is 0. The van der Waals surface area contributed by atoms with E-state index in [1.54, 1.807) is 0 Å². The smallest absolute Gasteiger partial charge is 0.0231 e. The van der Waals surface area contributed by atoms with Crippen molar-refractivity contribution in [3.05, 3.63) is 12.2 Å². The van der Waals surface area contributed by atoms with E-state index in [1.807, 2.05) is 0 Å². The average Bonchev–Trinajstić information content (AvgIpc) is 2.80. The largest absolute Gasteiger partial charge is 0.0883 e. The third kappa shape index (κ3) is 8.50. The number of allylic oxidation sites excluding steroid dienone is 2. The van der Waals surface area contributed by atoms with Crippen molar-refractivity contribution in [2.24, 2.45) is 17.3 Å². The maximum Gasteiger partial charge on any atom is -0.0231 e. The Labute approximate surface area is 122 Å². The zero-order valence-corrected chi connectivity index (χ0v) is 13.9. The Hall–Kier alpha value is -0.260. The second-order valence-corrected chi connectivity index (χ2v) is 7.82. The zero-order chi connectivity index (χ0) is 14.1. The molecule has 0 amide bonds. The fraction of sp³-hybridized carbons (Fsp3) is 0.895. The van der Waals surface area contributed by atoms with Crippen molar-refractivity contribution in [1.29, 1.82) is 0 Å². The molecule has 0 radical (unpaired) electrons. The van der Waals surface area contributed by atoms with E-state index in [9.17, 15) is 0 Å². The highest BCUT2D eigenvalue weighted by molar-refractivity contribution is 4.90. The molecule has 0 heterocycles. The van der Waals surface area contributed by atoms with Crippen LogP contribution in [0.4, 0.5) is 0 Å². The van der Waals surface area contributed by atoms with Crippen molar-refractivity contribution in [2.75, 3.05) is 0 Å². The lowest BCUT2D eigenvalue weighted by Gasteiger charge is -2.21. The fourth-order valence-electron chi connectivity index (χ4n) is 3.32. The van der Waals surface area contributed by atoms with Crippen molar-refractivity contribution in [3.63, 3.8) is 0 Å². The average molecular weight is 264 g/mol. The monoisotopic (exact) mass is 264 g/mol. The van der Waals surface area contributed by atoms with Crippen molar-refractivity contribution in [3.8, 4) is 0 Å². The molecular formula is C19H36. The molecule has 1 fully saturated rings. The lowest BCUT2D eigenvalue weighted by molar-refractivity contribution is 0.331. The molecule has 1 aliphatic carbocycles. The summed E-state index contributed by atoms with van der Waals surface area (Å²) in [6, 6.07) is 0. The minimum Gasteiger partial charge on any atom is -0.0883 e. The number of hydrogen-bond donors (Lipinski definition) is 0. The minimum absolute atomic E-state index is 0.505. The Morgan fingerprint density at radius 2 is 1.84 bits per heavy atom. The summed E-state index contributed by atoms with van der Waals surface area (Å²) in [5.41, 5.74) is 0.505. The first-order valence-electron chi connectivity index (χ1n) is 8.68. The maximum absolute atomic E-state index is 2.55. The van der Waals surface area contributed by atoms with E-state index in [0.29, 0.717) is 5.41 Å². The normalized spacial score (nSPS) is 19.4. The van der Waals surface area contributed by atoms with Crippen LogP contribution in [0.25, 0.3) is 0 Å². The van der Waals surface area contributed by atoms with E-state index in [0.717, 1.165) is 11.8 Å². The van der Waals surface area contributed by atoms with Crippen molar-refractivity contribution >= 4 is 0 Å². The van der Waals surface area contributed by atoms with Gasteiger partial charge in [-0.05, 0) is 42.9 Å². The Balaban J connectivity index is 2.34. The number of hydrogen-bond acceptors (Lipinski definition) is 0. The van der Waals surface area contributed by atoms with Gasteiger partial charge in [0.05, 0.1) is 0 Å². The van der Waals surface area contributed by atoms with Gasteiger partial charge in [0.2, 0.25) is 0 Å². The molecule has 19 heavy (non-hydrogen) atoms. The van der Waals surface area contributed by atoms with Crippen molar-refractivity contribution in [2.45, 2.75) is 91.9 Å². The summed E-state index contributed by atoms with van der Waals surface area (Å²) in [5.74, 6) is 1.89. The van der Waals surface area contributed by atoms with Gasteiger partial charge in [-0.3, -0.25) is 0 Å². The molecule has 0 spiro atoms. The first-order chi connectivity index (χ1) is 9.01. The van der Waals surface area contributed by atoms with Crippen LogP contribution in [0.3, 0.4) is 0 Å². The molecule has 1 rings (SSSR count). The van der Waals surface area contributed by atoms with Gasteiger partial charge in [-0.1, -0.05) is 78.4 Å². The maximum atomic E-state index is 2.55. The lowest BCUT2D eigenvalue weighted by Crippen LogP contribution is -2.08. The van der Waals surface area contributed by atoms with Crippen LogP contribution in [0.15, 0.2) is 12.2 Å². The van der Waals surface area contributed by atoms with Crippen LogP contribution in [-0.2, 0) is 0 Å². The molecule has 1 unspecified atom stereocenters. The Morgan fingerprint density at radius 3 is 2.42 bits per heavy atom. The van der Waals surface area contributed by atoms with E-state index in [4.69, 9.17) is 0 Å². The van der Waals surface area contributed by atoms with Gasteiger partial charge < -0.3 is 0 Å². The van der Waals surface area contributed by atoms with E-state index >= 15 is 0 Å². The molecule has 0 heteroatoms. The Morgan fingerprint density at radius 1 is 1.16 bits per heavy atom. The first-order valence-corrected chi connectivity index (χ1v) is 8.68. The van der Waals surface area contributed by atoms with Crippen LogP contribution < -0.4 is 0 Å². The summed E-state index contributed by atoms with van der Waals surface area (Å²) in [7, 11) is 0. The predicted octanol–water partition coefficient (Wildman–Crippen LogP) is 6.76. The molecule has 0 saturated heterocycles. The van der Waals surface area contributed by atoms with Crippen LogP contribution in [-0.4, -0.2) is 0 Å². The summed E-state index contributed by atoms with van der Waals surface area (Å²) in [6.45, 7) is 9.37. The molecule has 0 nitrogen and oxygen atoms in total. The van der Waals surface area contributed by atoms with Gasteiger partial charge in [0.25, 0.3) is 0 Å². The van der Waals surface area contributed by atoms with Crippen LogP contribution in [0.5, 0.6) is 0 Å². The highest BCUT2D eigenvalue weighted by Gasteiger charge is 2.19. The van der Waals surface area contributed by atoms with Gasteiger partial charge in [-0.25, -0.2) is 0 Å². The third-order valence-electron chi connectivity index (χ3n) is 4.48. The fourth-order valence-corrected chi connectivity index (χ4v) is 3.32. The summed E-state index contributed by atoms with van der Waals surface area (Å²) in [5, 5.41) is 0. The molecule has 0 N–H and O–H groups in total. The van der Waals surface area contributed by atoms with Crippen LogP contribution >= 0.6 is 0 Å². The van der Waals surface area contributed by atoms with E-state index in [2.05, 4.69) is 39.8 Å². The summed E-state index contributed by atoms with van der Waals surface area (Å²) in [4.78, 5) is 0. The molecular weight excluding hydrogens is 228 g/mol.